The summed E-state index contributed by atoms with van der Waals surface area (Å²) >= 11 is 1.27. The average Bonchev–Trinajstić information content (AvgIpc) is 4.17. The number of carbonyl (C=O) groups excluding carboxylic acids is 6. The summed E-state index contributed by atoms with van der Waals surface area (Å²) in [6.45, 7) is 4.83. The summed E-state index contributed by atoms with van der Waals surface area (Å²) in [6, 6.07) is 14.5. The van der Waals surface area contributed by atoms with E-state index in [0.29, 0.717) is 74.3 Å². The molecule has 3 aromatic carbocycles. The van der Waals surface area contributed by atoms with Crippen molar-refractivity contribution >= 4 is 74.7 Å². The largest absolute Gasteiger partial charge is 0.374 e. The van der Waals surface area contributed by atoms with Crippen LogP contribution in [0.5, 0.6) is 0 Å². The van der Waals surface area contributed by atoms with Crippen molar-refractivity contribution in [3.05, 3.63) is 101 Å². The van der Waals surface area contributed by atoms with E-state index in [1.165, 1.54) is 22.3 Å². The monoisotopic (exact) mass is 940 g/mol. The third-order valence-corrected chi connectivity index (χ3v) is 14.8. The van der Waals surface area contributed by atoms with Crippen molar-refractivity contribution in [1.29, 1.82) is 0 Å². The Hall–Kier alpha value is -7.19. The average molecular weight is 941 g/mol. The van der Waals surface area contributed by atoms with Crippen LogP contribution in [0.2, 0.25) is 0 Å². The molecule has 20 heteroatoms. The Morgan fingerprint density at radius 1 is 0.912 bits per heavy atom. The maximum Gasteiger partial charge on any atom is 0.255 e. The van der Waals surface area contributed by atoms with Gasteiger partial charge in [0.1, 0.15) is 17.9 Å². The number of thiazole rings is 1. The van der Waals surface area contributed by atoms with Crippen LogP contribution in [0.4, 0.5) is 32.3 Å². The Bertz CT molecular complexity index is 2860. The zero-order chi connectivity index (χ0) is 46.8. The van der Waals surface area contributed by atoms with Crippen LogP contribution in [-0.4, -0.2) is 136 Å². The number of hydrogen-bond acceptors (Lipinski definition) is 13. The molecule has 5 aromatic rings. The summed E-state index contributed by atoms with van der Waals surface area (Å²) in [5, 5.41) is 10.6. The fraction of sp³-hybridized carbons (Fsp3) is 0.375. The van der Waals surface area contributed by atoms with E-state index < -0.39 is 35.8 Å². The highest BCUT2D eigenvalue weighted by Gasteiger charge is 2.43. The van der Waals surface area contributed by atoms with Gasteiger partial charge in [0.05, 0.1) is 36.5 Å². The fourth-order valence-electron chi connectivity index (χ4n) is 10.5. The molecule has 6 amide bonds. The van der Waals surface area contributed by atoms with Crippen LogP contribution >= 0.6 is 11.3 Å². The number of fused-ring (bicyclic) bond motifs is 5. The molecular weight excluding hydrogens is 892 g/mol. The van der Waals surface area contributed by atoms with Gasteiger partial charge in [0.2, 0.25) is 17.7 Å². The predicted octanol–water partition coefficient (Wildman–Crippen LogP) is 3.46. The number of nitrogens with zero attached hydrogens (tertiary/aromatic N) is 9. The van der Waals surface area contributed by atoms with Crippen molar-refractivity contribution < 1.29 is 33.2 Å². The Labute approximate surface area is 394 Å². The minimum atomic E-state index is -1.07. The standard InChI is InChI=1S/C48H49FN12O6S/c1-55-38-23-30(52-35-9-11-40(62)53-44(35)64)6-10-36(38)60-19-14-56(25-39(60)47(55)67)26-41(63)58-17-15-57(16-18-58)31-7-4-28(5-8-31)29-21-32-33(34(49)22-29)24-61(46(32)66)43(45(65)54-48-50-12-20-68-48)42-37-3-2-13-59(37)27-51-42/h4-8,10,12,20-23,27,35,39,43,52H,2-3,9,11,13-19,24-26H2,1H3,(H,50,54,65)(H,53,62,64)/t35?,39-,43?/m1/s1. The van der Waals surface area contributed by atoms with Crippen LogP contribution in [-0.2, 0) is 43.5 Å². The van der Waals surface area contributed by atoms with Crippen LogP contribution in [0.15, 0.2) is 72.5 Å². The van der Waals surface area contributed by atoms with E-state index in [1.54, 1.807) is 35.9 Å². The molecule has 2 aromatic heterocycles. The molecule has 6 aliphatic rings. The zero-order valence-corrected chi connectivity index (χ0v) is 38.1. The third kappa shape index (κ3) is 7.89. The van der Waals surface area contributed by atoms with Crippen molar-refractivity contribution in [3.8, 4) is 11.1 Å². The molecule has 6 aliphatic heterocycles. The number of nitrogens with one attached hydrogen (secondary N) is 3. The first-order chi connectivity index (χ1) is 33.0. The maximum atomic E-state index is 16.0. The van der Waals surface area contributed by atoms with E-state index in [2.05, 4.69) is 40.6 Å². The number of aryl methyl sites for hydroxylation is 1. The summed E-state index contributed by atoms with van der Waals surface area (Å²) in [7, 11) is 1.74. The lowest BCUT2D eigenvalue weighted by Gasteiger charge is -2.47. The Morgan fingerprint density at radius 3 is 2.51 bits per heavy atom. The number of likely N-dealkylation sites (N-methyl/N-ethyl adjacent to an activating group) is 1. The number of imide groups is 1. The fourth-order valence-corrected chi connectivity index (χ4v) is 11.0. The summed E-state index contributed by atoms with van der Waals surface area (Å²) in [4.78, 5) is 99.5. The van der Waals surface area contributed by atoms with E-state index in [0.717, 1.165) is 47.7 Å². The minimum Gasteiger partial charge on any atom is -0.374 e. The number of piperazine rings is 2. The van der Waals surface area contributed by atoms with Crippen molar-refractivity contribution in [3.63, 3.8) is 0 Å². The molecule has 8 heterocycles. The van der Waals surface area contributed by atoms with Crippen LogP contribution in [0.1, 0.15) is 52.6 Å². The van der Waals surface area contributed by atoms with Crippen molar-refractivity contribution in [2.45, 2.75) is 56.9 Å². The first-order valence-electron chi connectivity index (χ1n) is 23.0. The molecule has 0 radical (unpaired) electrons. The van der Waals surface area contributed by atoms with Gasteiger partial charge in [0, 0.05) is 106 Å². The van der Waals surface area contributed by atoms with E-state index in [9.17, 15) is 28.8 Å². The summed E-state index contributed by atoms with van der Waals surface area (Å²) in [6.07, 6.45) is 5.59. The molecule has 0 bridgehead atoms. The van der Waals surface area contributed by atoms with Gasteiger partial charge in [0.25, 0.3) is 17.7 Å². The highest BCUT2D eigenvalue weighted by atomic mass is 32.1. The second-order valence-electron chi connectivity index (χ2n) is 18.1. The Kier molecular flexibility index (Phi) is 11.1. The smallest absolute Gasteiger partial charge is 0.255 e. The lowest BCUT2D eigenvalue weighted by atomic mass is 9.99. The highest BCUT2D eigenvalue weighted by Crippen LogP contribution is 2.40. The molecule has 2 unspecified atom stereocenters. The molecule has 0 aliphatic carbocycles. The SMILES string of the molecule is CN1C(=O)[C@H]2CN(CC(=O)N3CCN(c4ccc(-c5cc(F)c6c(c5)C(=O)N(C(C(=O)Nc5nccs5)c5ncn7c5CCC7)C6)cc4)CC3)CCN2c2ccc(NC3CCC(=O)NC3=O)cc21. The number of hydrogen-bond donors (Lipinski definition) is 3. The van der Waals surface area contributed by atoms with Crippen LogP contribution in [0.25, 0.3) is 11.1 Å². The van der Waals surface area contributed by atoms with Gasteiger partial charge in [-0.25, -0.2) is 14.4 Å². The second kappa shape index (κ2) is 17.5. The summed E-state index contributed by atoms with van der Waals surface area (Å²) in [5.74, 6) is -2.10. The number of rotatable bonds is 10. The number of benzene rings is 3. The third-order valence-electron chi connectivity index (χ3n) is 14.2. The van der Waals surface area contributed by atoms with Crippen LogP contribution < -0.4 is 30.7 Å². The second-order valence-corrected chi connectivity index (χ2v) is 19.0. The first kappa shape index (κ1) is 43.4. The molecule has 11 rings (SSSR count). The molecular formula is C48H49FN12O6S. The molecule has 68 heavy (non-hydrogen) atoms. The number of aromatic nitrogens is 3. The Balaban J connectivity index is 0.703. The van der Waals surface area contributed by atoms with Gasteiger partial charge in [-0.2, -0.15) is 0 Å². The number of carbonyl (C=O) groups is 6. The minimum absolute atomic E-state index is 0.0154. The quantitative estimate of drug-likeness (QED) is 0.174. The number of imidazole rings is 1. The number of amides is 6. The molecule has 0 saturated carbocycles. The van der Waals surface area contributed by atoms with Gasteiger partial charge in [-0.1, -0.05) is 12.1 Å². The van der Waals surface area contributed by atoms with Gasteiger partial charge in [-0.05, 0) is 72.9 Å². The maximum absolute atomic E-state index is 16.0. The van der Waals surface area contributed by atoms with E-state index >= 15 is 4.39 Å². The summed E-state index contributed by atoms with van der Waals surface area (Å²) in [5.41, 5.74) is 6.43. The van der Waals surface area contributed by atoms with Crippen LogP contribution in [0, 0.1) is 5.82 Å². The normalized spacial score (nSPS) is 20.8. The number of halogens is 1. The Morgan fingerprint density at radius 2 is 1.74 bits per heavy atom. The lowest BCUT2D eigenvalue weighted by Crippen LogP contribution is -2.63. The van der Waals surface area contributed by atoms with Gasteiger partial charge in [0.15, 0.2) is 11.2 Å². The predicted molar refractivity (Wildman–Crippen MR) is 252 cm³/mol. The molecule has 3 N–H and O–H groups in total. The molecule has 18 nitrogen and oxygen atoms in total. The number of anilines is 5. The molecule has 3 saturated heterocycles. The van der Waals surface area contributed by atoms with E-state index in [4.69, 9.17) is 0 Å². The zero-order valence-electron chi connectivity index (χ0n) is 37.3. The topological polar surface area (TPSA) is 189 Å². The molecule has 3 fully saturated rings. The van der Waals surface area contributed by atoms with Crippen LogP contribution in [0.3, 0.4) is 0 Å². The van der Waals surface area contributed by atoms with Gasteiger partial charge in [-0.3, -0.25) is 44.3 Å². The number of piperidine rings is 1. The molecule has 350 valence electrons. The summed E-state index contributed by atoms with van der Waals surface area (Å²) < 4.78 is 18.0. The highest BCUT2D eigenvalue weighted by molar-refractivity contribution is 7.13. The van der Waals surface area contributed by atoms with Crippen molar-refractivity contribution in [1.82, 2.24) is 34.6 Å². The molecule has 0 spiro atoms. The van der Waals surface area contributed by atoms with Crippen molar-refractivity contribution in [2.24, 2.45) is 0 Å². The molecule has 3 atom stereocenters. The van der Waals surface area contributed by atoms with E-state index in [1.807, 2.05) is 51.9 Å². The van der Waals surface area contributed by atoms with Crippen molar-refractivity contribution in [2.75, 3.05) is 84.7 Å². The first-order valence-corrected chi connectivity index (χ1v) is 23.9. The van der Waals surface area contributed by atoms with Gasteiger partial charge < -0.3 is 34.4 Å². The van der Waals surface area contributed by atoms with Gasteiger partial charge >= 0.3 is 0 Å². The van der Waals surface area contributed by atoms with Gasteiger partial charge in [-0.15, -0.1) is 11.3 Å². The lowest BCUT2D eigenvalue weighted by molar-refractivity contribution is -0.134. The van der Waals surface area contributed by atoms with E-state index in [-0.39, 0.29) is 54.3 Å².